The van der Waals surface area contributed by atoms with E-state index in [0.29, 0.717) is 35.1 Å². The highest BCUT2D eigenvalue weighted by molar-refractivity contribution is 6.24. The fourth-order valence-corrected chi connectivity index (χ4v) is 5.28. The van der Waals surface area contributed by atoms with Gasteiger partial charge in [-0.25, -0.2) is 4.79 Å². The number of aliphatic hydroxyl groups is 1. The summed E-state index contributed by atoms with van der Waals surface area (Å²) in [5.74, 6) is -1.90. The van der Waals surface area contributed by atoms with Crippen LogP contribution in [0.2, 0.25) is 0 Å². The van der Waals surface area contributed by atoms with Crippen molar-refractivity contribution >= 4 is 23.3 Å². The third-order valence-corrected chi connectivity index (χ3v) is 7.25. The SMILES string of the molecule is CCCCCCC(C)C(=O)C1=C2C3=COC(C4=C(C)CC(O)CC4=O)=CC3=CC(=O)C2(C)OC1=O. The predicted molar refractivity (Wildman–Crippen MR) is 128 cm³/mol. The van der Waals surface area contributed by atoms with Crippen molar-refractivity contribution in [2.75, 3.05) is 0 Å². The van der Waals surface area contributed by atoms with E-state index in [0.717, 1.165) is 25.7 Å². The van der Waals surface area contributed by atoms with Gasteiger partial charge in [0.1, 0.15) is 11.3 Å². The number of hydrogen-bond acceptors (Lipinski definition) is 7. The Morgan fingerprint density at radius 1 is 1.17 bits per heavy atom. The van der Waals surface area contributed by atoms with Crippen LogP contribution >= 0.6 is 0 Å². The summed E-state index contributed by atoms with van der Waals surface area (Å²) in [4.78, 5) is 52.0. The van der Waals surface area contributed by atoms with E-state index < -0.39 is 23.5 Å². The summed E-state index contributed by atoms with van der Waals surface area (Å²) in [6, 6.07) is 0. The zero-order chi connectivity index (χ0) is 25.5. The molecule has 0 fully saturated rings. The minimum Gasteiger partial charge on any atom is -0.464 e. The molecule has 3 atom stereocenters. The molecule has 0 saturated heterocycles. The Morgan fingerprint density at radius 3 is 2.60 bits per heavy atom. The van der Waals surface area contributed by atoms with Crippen molar-refractivity contribution in [3.63, 3.8) is 0 Å². The zero-order valence-electron chi connectivity index (χ0n) is 20.7. The number of carbonyl (C=O) groups excluding carboxylic acids is 4. The minimum absolute atomic E-state index is 0.00226. The van der Waals surface area contributed by atoms with Gasteiger partial charge in [-0.3, -0.25) is 14.4 Å². The lowest BCUT2D eigenvalue weighted by Crippen LogP contribution is -2.40. The van der Waals surface area contributed by atoms with E-state index in [-0.39, 0.29) is 40.8 Å². The van der Waals surface area contributed by atoms with Gasteiger partial charge in [0.2, 0.25) is 5.78 Å². The molecule has 2 aliphatic carbocycles. The molecule has 0 aromatic carbocycles. The largest absolute Gasteiger partial charge is 0.464 e. The van der Waals surface area contributed by atoms with Gasteiger partial charge in [0.05, 0.1) is 17.9 Å². The molecule has 0 aromatic rings. The van der Waals surface area contributed by atoms with Crippen molar-refractivity contribution in [3.05, 3.63) is 57.6 Å². The summed E-state index contributed by atoms with van der Waals surface area (Å²) >= 11 is 0. The molecule has 0 saturated carbocycles. The molecule has 0 amide bonds. The van der Waals surface area contributed by atoms with Gasteiger partial charge in [-0.05, 0) is 44.4 Å². The molecule has 7 heteroatoms. The first kappa shape index (κ1) is 25.0. The molecule has 0 bridgehead atoms. The Bertz CT molecular complexity index is 1160. The Hall–Kier alpha value is -3.06. The number of rotatable bonds is 8. The van der Waals surface area contributed by atoms with Crippen LogP contribution in [0.15, 0.2) is 57.6 Å². The van der Waals surface area contributed by atoms with Gasteiger partial charge >= 0.3 is 5.97 Å². The average Bonchev–Trinajstić information content (AvgIpc) is 3.07. The van der Waals surface area contributed by atoms with Crippen molar-refractivity contribution in [1.82, 2.24) is 0 Å². The topological polar surface area (TPSA) is 107 Å². The van der Waals surface area contributed by atoms with Gasteiger partial charge < -0.3 is 14.6 Å². The Labute approximate surface area is 205 Å². The molecule has 2 heterocycles. The van der Waals surface area contributed by atoms with Crippen LogP contribution in [0, 0.1) is 5.92 Å². The minimum atomic E-state index is -1.59. The number of unbranched alkanes of at least 4 members (excludes halogenated alkanes) is 3. The normalized spacial score (nSPS) is 26.9. The summed E-state index contributed by atoms with van der Waals surface area (Å²) in [6.07, 6.45) is 8.72. The van der Waals surface area contributed by atoms with Crippen LogP contribution in [0.4, 0.5) is 0 Å². The second-order valence-corrected chi connectivity index (χ2v) is 10.0. The first-order chi connectivity index (χ1) is 16.6. The lowest BCUT2D eigenvalue weighted by atomic mass is 9.74. The number of hydrogen-bond donors (Lipinski definition) is 1. The van der Waals surface area contributed by atoms with Crippen LogP contribution in [0.3, 0.4) is 0 Å². The molecule has 0 spiro atoms. The number of esters is 1. The third kappa shape index (κ3) is 4.38. The highest BCUT2D eigenvalue weighted by Crippen LogP contribution is 2.47. The van der Waals surface area contributed by atoms with Gasteiger partial charge in [-0.15, -0.1) is 0 Å². The van der Waals surface area contributed by atoms with Crippen LogP contribution in [-0.4, -0.2) is 40.1 Å². The monoisotopic (exact) mass is 480 g/mol. The molecule has 2 aliphatic heterocycles. The molecular weight excluding hydrogens is 448 g/mol. The fraction of sp³-hybridized carbons (Fsp3) is 0.500. The number of aliphatic hydroxyl groups excluding tert-OH is 1. The average molecular weight is 481 g/mol. The molecular formula is C28H32O7. The second-order valence-electron chi connectivity index (χ2n) is 10.0. The van der Waals surface area contributed by atoms with E-state index >= 15 is 0 Å². The molecule has 0 radical (unpaired) electrons. The third-order valence-electron chi connectivity index (χ3n) is 7.25. The van der Waals surface area contributed by atoms with E-state index in [1.54, 1.807) is 19.9 Å². The second kappa shape index (κ2) is 9.53. The molecule has 1 N–H and O–H groups in total. The highest BCUT2D eigenvalue weighted by Gasteiger charge is 2.55. The lowest BCUT2D eigenvalue weighted by Gasteiger charge is -2.32. The van der Waals surface area contributed by atoms with Crippen molar-refractivity contribution in [2.45, 2.75) is 84.3 Å². The van der Waals surface area contributed by atoms with E-state index in [1.165, 1.54) is 19.3 Å². The van der Waals surface area contributed by atoms with Gasteiger partial charge in [0.15, 0.2) is 17.2 Å². The lowest BCUT2D eigenvalue weighted by molar-refractivity contribution is -0.153. The summed E-state index contributed by atoms with van der Waals surface area (Å²) in [5.41, 5.74) is 0.545. The van der Waals surface area contributed by atoms with Gasteiger partial charge in [0.25, 0.3) is 0 Å². The van der Waals surface area contributed by atoms with Crippen LogP contribution in [0.1, 0.15) is 72.6 Å². The molecule has 35 heavy (non-hydrogen) atoms. The Kier molecular flexibility index (Phi) is 6.82. The van der Waals surface area contributed by atoms with E-state index in [1.807, 2.05) is 0 Å². The maximum absolute atomic E-state index is 13.4. The number of ether oxygens (including phenoxy) is 2. The van der Waals surface area contributed by atoms with Crippen molar-refractivity contribution in [1.29, 1.82) is 0 Å². The van der Waals surface area contributed by atoms with Crippen LogP contribution in [0.25, 0.3) is 0 Å². The first-order valence-corrected chi connectivity index (χ1v) is 12.4. The molecule has 7 nitrogen and oxygen atoms in total. The summed E-state index contributed by atoms with van der Waals surface area (Å²) in [5, 5.41) is 9.88. The van der Waals surface area contributed by atoms with Crippen LogP contribution in [-0.2, 0) is 28.7 Å². The number of allylic oxidation sites excluding steroid dienone is 3. The van der Waals surface area contributed by atoms with E-state index in [2.05, 4.69) is 6.92 Å². The Balaban J connectivity index is 1.71. The number of fused-ring (bicyclic) bond motifs is 3. The summed E-state index contributed by atoms with van der Waals surface area (Å²) in [7, 11) is 0. The van der Waals surface area contributed by atoms with E-state index in [4.69, 9.17) is 9.47 Å². The molecule has 4 aliphatic rings. The summed E-state index contributed by atoms with van der Waals surface area (Å²) in [6.45, 7) is 7.18. The maximum Gasteiger partial charge on any atom is 0.343 e. The fourth-order valence-electron chi connectivity index (χ4n) is 5.28. The Morgan fingerprint density at radius 2 is 1.91 bits per heavy atom. The molecule has 3 unspecified atom stereocenters. The first-order valence-electron chi connectivity index (χ1n) is 12.4. The molecule has 0 aromatic heterocycles. The van der Waals surface area contributed by atoms with Crippen LogP contribution < -0.4 is 0 Å². The molecule has 4 rings (SSSR count). The zero-order valence-corrected chi connectivity index (χ0v) is 20.7. The van der Waals surface area contributed by atoms with Crippen LogP contribution in [0.5, 0.6) is 0 Å². The van der Waals surface area contributed by atoms with Gasteiger partial charge in [-0.2, -0.15) is 0 Å². The molecule has 186 valence electrons. The standard InChI is InChI=1S/C28H32O7/c1-5-6-7-8-9-15(2)26(32)24-25-19-14-34-21(23-16(3)10-18(29)13-20(23)30)11-17(19)12-22(31)28(25,4)35-27(24)33/h11-12,14-15,18,29H,5-10,13H2,1-4H3. The maximum atomic E-state index is 13.4. The van der Waals surface area contributed by atoms with Crippen molar-refractivity contribution in [3.8, 4) is 0 Å². The van der Waals surface area contributed by atoms with Gasteiger partial charge in [-0.1, -0.05) is 45.1 Å². The van der Waals surface area contributed by atoms with E-state index in [9.17, 15) is 24.3 Å². The quantitative estimate of drug-likeness (QED) is 0.316. The van der Waals surface area contributed by atoms with Crippen molar-refractivity contribution < 1.29 is 33.8 Å². The number of carbonyl (C=O) groups is 4. The van der Waals surface area contributed by atoms with Crippen molar-refractivity contribution in [2.24, 2.45) is 5.92 Å². The number of ketones is 3. The smallest absolute Gasteiger partial charge is 0.343 e. The highest BCUT2D eigenvalue weighted by atomic mass is 16.6. The number of Topliss-reactive ketones (excluding diaryl/α,β-unsaturated/α-hetero) is 2. The predicted octanol–water partition coefficient (Wildman–Crippen LogP) is 4.12. The summed E-state index contributed by atoms with van der Waals surface area (Å²) < 4.78 is 11.3. The van der Waals surface area contributed by atoms with Gasteiger partial charge in [0, 0.05) is 23.5 Å².